The minimum absolute atomic E-state index is 0.0276. The van der Waals surface area contributed by atoms with E-state index in [1.165, 1.54) is 30.3 Å². The van der Waals surface area contributed by atoms with Crippen LogP contribution in [0.15, 0.2) is 65.6 Å². The van der Waals surface area contributed by atoms with E-state index in [1.54, 1.807) is 30.3 Å². The zero-order valence-electron chi connectivity index (χ0n) is 19.6. The normalized spacial score (nSPS) is 12.1. The largest absolute Gasteiger partial charge is 0.506 e. The van der Waals surface area contributed by atoms with Crippen molar-refractivity contribution < 1.29 is 36.9 Å². The third-order valence-corrected chi connectivity index (χ3v) is 7.25. The van der Waals surface area contributed by atoms with E-state index in [0.29, 0.717) is 16.7 Å². The van der Waals surface area contributed by atoms with Gasteiger partial charge in [0.1, 0.15) is 17.3 Å². The summed E-state index contributed by atoms with van der Waals surface area (Å²) in [6.07, 6.45) is 1.17. The maximum absolute atomic E-state index is 12.3. The first kappa shape index (κ1) is 27.6. The molecule has 11 nitrogen and oxygen atoms in total. The van der Waals surface area contributed by atoms with E-state index < -0.39 is 33.7 Å². The molecule has 0 radical (unpaired) electrons. The van der Waals surface area contributed by atoms with Crippen molar-refractivity contribution in [2.45, 2.75) is 11.3 Å². The van der Waals surface area contributed by atoms with Crippen LogP contribution in [0.2, 0.25) is 0 Å². The van der Waals surface area contributed by atoms with Crippen LogP contribution < -0.4 is 14.8 Å². The molecule has 0 spiro atoms. The number of hydrogen-bond donors (Lipinski definition) is 5. The van der Waals surface area contributed by atoms with Gasteiger partial charge in [-0.2, -0.15) is 0 Å². The molecule has 0 saturated heterocycles. The monoisotopic (exact) mass is 547 g/mol. The molecule has 196 valence electrons. The van der Waals surface area contributed by atoms with Crippen LogP contribution in [0.1, 0.15) is 11.1 Å². The minimum atomic E-state index is -3.56. The molecule has 3 rings (SSSR count). The van der Waals surface area contributed by atoms with E-state index in [2.05, 4.69) is 0 Å². The number of phenols is 1. The van der Waals surface area contributed by atoms with Crippen molar-refractivity contribution in [2.75, 3.05) is 23.7 Å². The summed E-state index contributed by atoms with van der Waals surface area (Å²) in [6, 6.07) is 15.1. The number of hydrogen-bond acceptors (Lipinski definition) is 7. The summed E-state index contributed by atoms with van der Waals surface area (Å²) in [5.74, 6) is -1.67. The number of aromatic hydroxyl groups is 1. The fourth-order valence-corrected chi connectivity index (χ4v) is 5.10. The highest BCUT2D eigenvalue weighted by atomic mass is 32.2. The summed E-state index contributed by atoms with van der Waals surface area (Å²) in [7, 11) is -3.56. The van der Waals surface area contributed by atoms with Gasteiger partial charge in [-0.1, -0.05) is 30.3 Å². The average molecular weight is 548 g/mol. The molecule has 1 atom stereocenters. The van der Waals surface area contributed by atoms with E-state index in [1.807, 2.05) is 0 Å². The molecule has 0 aromatic heterocycles. The molecular formula is C24H25N3O8S2. The predicted molar refractivity (Wildman–Crippen MR) is 139 cm³/mol. The predicted octanol–water partition coefficient (Wildman–Crippen LogP) is 2.40. The Morgan fingerprint density at radius 2 is 1.84 bits per heavy atom. The Kier molecular flexibility index (Phi) is 8.53. The highest BCUT2D eigenvalue weighted by Crippen LogP contribution is 2.33. The molecule has 1 unspecified atom stereocenters. The van der Waals surface area contributed by atoms with Gasteiger partial charge < -0.3 is 20.7 Å². The number of nitrogens with two attached hydrogens (primary N) is 1. The molecule has 3 aromatic rings. The van der Waals surface area contributed by atoms with Crippen LogP contribution in [0.3, 0.4) is 0 Å². The van der Waals surface area contributed by atoms with E-state index in [0.717, 1.165) is 10.6 Å². The third-order valence-electron chi connectivity index (χ3n) is 5.34. The molecule has 0 fully saturated rings. The van der Waals surface area contributed by atoms with Crippen molar-refractivity contribution >= 4 is 38.6 Å². The van der Waals surface area contributed by atoms with Crippen molar-refractivity contribution in [3.63, 3.8) is 0 Å². The quantitative estimate of drug-likeness (QED) is 0.136. The summed E-state index contributed by atoms with van der Waals surface area (Å²) in [5.41, 5.74) is 7.05. The van der Waals surface area contributed by atoms with Crippen LogP contribution in [-0.4, -0.2) is 58.6 Å². The van der Waals surface area contributed by atoms with Crippen LogP contribution in [0, 0.1) is 5.41 Å². The second-order valence-electron chi connectivity index (χ2n) is 7.97. The Morgan fingerprint density at radius 1 is 1.14 bits per heavy atom. The van der Waals surface area contributed by atoms with Gasteiger partial charge in [-0.3, -0.25) is 14.3 Å². The van der Waals surface area contributed by atoms with Gasteiger partial charge in [-0.05, 0) is 47.9 Å². The van der Waals surface area contributed by atoms with Crippen molar-refractivity contribution in [1.29, 1.82) is 5.41 Å². The van der Waals surface area contributed by atoms with Crippen molar-refractivity contribution in [3.05, 3.63) is 71.8 Å². The number of carboxylic acid groups (broad SMARTS) is 1. The second kappa shape index (κ2) is 11.4. The molecule has 0 heterocycles. The van der Waals surface area contributed by atoms with E-state index >= 15 is 0 Å². The number of anilines is 1. The molecule has 0 aliphatic rings. The number of nitrogens with zero attached hydrogens (tertiary/aromatic N) is 1. The highest BCUT2D eigenvalue weighted by molar-refractivity contribution is 7.90. The van der Waals surface area contributed by atoms with Crippen LogP contribution >= 0.6 is 0 Å². The fourth-order valence-electron chi connectivity index (χ4n) is 3.63. The summed E-state index contributed by atoms with van der Waals surface area (Å²) in [5, 5.41) is 26.9. The van der Waals surface area contributed by atoms with Crippen LogP contribution in [0.25, 0.3) is 11.1 Å². The lowest BCUT2D eigenvalue weighted by molar-refractivity contribution is -0.139. The van der Waals surface area contributed by atoms with Gasteiger partial charge in [0.25, 0.3) is 11.3 Å². The number of rotatable bonds is 11. The molecule has 13 heteroatoms. The Morgan fingerprint density at radius 3 is 2.46 bits per heavy atom. The van der Waals surface area contributed by atoms with Crippen LogP contribution in [0.5, 0.6) is 11.5 Å². The van der Waals surface area contributed by atoms with Crippen LogP contribution in [0.4, 0.5) is 5.69 Å². The van der Waals surface area contributed by atoms with Gasteiger partial charge >= 0.3 is 5.97 Å². The second-order valence-corrected chi connectivity index (χ2v) is 10.9. The summed E-state index contributed by atoms with van der Waals surface area (Å²) >= 11 is -2.56. The maximum atomic E-state index is 12.3. The lowest BCUT2D eigenvalue weighted by atomic mass is 10.0. The topological polar surface area (TPSA) is 191 Å². The lowest BCUT2D eigenvalue weighted by Crippen LogP contribution is -2.28. The summed E-state index contributed by atoms with van der Waals surface area (Å²) < 4.78 is 52.9. The number of amidine groups is 1. The van der Waals surface area contributed by atoms with Gasteiger partial charge in [0.15, 0.2) is 16.4 Å². The average Bonchev–Trinajstić information content (AvgIpc) is 2.83. The number of aliphatic carboxylic acids is 1. The zero-order valence-corrected chi connectivity index (χ0v) is 21.3. The van der Waals surface area contributed by atoms with Crippen molar-refractivity contribution in [3.8, 4) is 22.6 Å². The molecule has 0 bridgehead atoms. The smallest absolute Gasteiger partial charge is 0.341 e. The molecule has 6 N–H and O–H groups in total. The Labute approximate surface area is 216 Å². The first-order valence-corrected chi connectivity index (χ1v) is 13.7. The number of carboxylic acids is 1. The maximum Gasteiger partial charge on any atom is 0.341 e. The van der Waals surface area contributed by atoms with Gasteiger partial charge in [0, 0.05) is 23.9 Å². The Balaban J connectivity index is 1.99. The minimum Gasteiger partial charge on any atom is -0.506 e. The van der Waals surface area contributed by atoms with Crippen LogP contribution in [-0.2, 0) is 32.3 Å². The van der Waals surface area contributed by atoms with Crippen molar-refractivity contribution in [2.24, 2.45) is 5.73 Å². The van der Waals surface area contributed by atoms with Gasteiger partial charge in [0.2, 0.25) is 0 Å². The number of nitrogens with one attached hydrogen (secondary N) is 1. The summed E-state index contributed by atoms with van der Waals surface area (Å²) in [4.78, 5) is 11.2. The van der Waals surface area contributed by atoms with Gasteiger partial charge in [-0.15, -0.1) is 0 Å². The number of phenolic OH excluding ortho intramolecular Hbond substituents is 1. The number of sulfone groups is 1. The Hall–Kier alpha value is -3.94. The number of carbonyl (C=O) groups is 1. The van der Waals surface area contributed by atoms with Gasteiger partial charge in [-0.25, -0.2) is 17.4 Å². The first-order valence-electron chi connectivity index (χ1n) is 10.7. The van der Waals surface area contributed by atoms with Gasteiger partial charge in [0.05, 0.1) is 10.6 Å². The molecular weight excluding hydrogens is 522 g/mol. The molecule has 37 heavy (non-hydrogen) atoms. The third kappa shape index (κ3) is 6.84. The number of nitrogen functional groups attached to an aromatic ring is 1. The Bertz CT molecular complexity index is 1470. The fraction of sp³-hybridized carbons (Fsp3) is 0.167. The van der Waals surface area contributed by atoms with E-state index in [4.69, 9.17) is 21.0 Å². The van der Waals surface area contributed by atoms with E-state index in [9.17, 15) is 27.1 Å². The zero-order chi connectivity index (χ0) is 27.3. The molecule has 0 aliphatic carbocycles. The highest BCUT2D eigenvalue weighted by Gasteiger charge is 2.20. The molecule has 3 aromatic carbocycles. The summed E-state index contributed by atoms with van der Waals surface area (Å²) in [6.45, 7) is -0.776. The van der Waals surface area contributed by atoms with E-state index in [-0.39, 0.29) is 46.4 Å². The molecule has 0 saturated carbocycles. The SMILES string of the molecule is CS(=O)(=O)c1ccccc1-c1ccc(CCN(c2cc(C(=N)N)ccc2O)S(=O)O)c(OCC(=O)O)c1. The molecule has 0 aliphatic heterocycles. The lowest BCUT2D eigenvalue weighted by Gasteiger charge is -2.22. The van der Waals surface area contributed by atoms with Crippen molar-refractivity contribution in [1.82, 2.24) is 0 Å². The standard InChI is InChI=1S/C24H25N3O8S2/c1-37(33,34)22-5-3-2-4-18(22)16-7-6-15(21(13-16)35-14-23(29)30)10-11-27(36(31)32)19-12-17(24(25)26)8-9-20(19)28/h2-9,12-13,28H,10-11,14H2,1H3,(H3,25,26)(H,29,30)(H,31,32). The first-order chi connectivity index (χ1) is 17.4. The molecule has 0 amide bonds. The number of ether oxygens (including phenoxy) is 1. The number of benzene rings is 3.